The van der Waals surface area contributed by atoms with E-state index in [0.29, 0.717) is 0 Å². The van der Waals surface area contributed by atoms with E-state index >= 15 is 0 Å². The molecule has 0 aliphatic heterocycles. The summed E-state index contributed by atoms with van der Waals surface area (Å²) in [4.78, 5) is 0. The molecule has 0 bridgehead atoms. The Labute approximate surface area is 110 Å². The lowest BCUT2D eigenvalue weighted by atomic mass is 10.00. The highest BCUT2D eigenvalue weighted by Crippen LogP contribution is 2.18. The summed E-state index contributed by atoms with van der Waals surface area (Å²) in [6, 6.07) is 12.9. The third kappa shape index (κ3) is 2.53. The van der Waals surface area contributed by atoms with Gasteiger partial charge in [-0.25, -0.2) is 0 Å². The molecule has 0 aliphatic carbocycles. The molecular weight excluding hydrogens is 216 g/mol. The fourth-order valence-corrected chi connectivity index (χ4v) is 2.09. The van der Waals surface area contributed by atoms with Crippen LogP contribution in [-0.4, -0.2) is 0 Å². The van der Waals surface area contributed by atoms with Crippen LogP contribution in [0.15, 0.2) is 36.4 Å². The van der Waals surface area contributed by atoms with Crippen molar-refractivity contribution in [3.8, 4) is 0 Å². The van der Waals surface area contributed by atoms with Crippen molar-refractivity contribution in [2.45, 2.75) is 27.7 Å². The summed E-state index contributed by atoms with van der Waals surface area (Å²) in [6.07, 6.45) is 4.42. The zero-order chi connectivity index (χ0) is 13.1. The molecule has 0 N–H and O–H groups in total. The van der Waals surface area contributed by atoms with Gasteiger partial charge >= 0.3 is 0 Å². The van der Waals surface area contributed by atoms with Crippen LogP contribution in [0.5, 0.6) is 0 Å². The summed E-state index contributed by atoms with van der Waals surface area (Å²) in [7, 11) is 0. The Morgan fingerprint density at radius 1 is 0.611 bits per heavy atom. The van der Waals surface area contributed by atoms with Crippen LogP contribution in [0.4, 0.5) is 0 Å². The minimum absolute atomic E-state index is 1.30. The molecule has 0 aliphatic rings. The van der Waals surface area contributed by atoms with Crippen LogP contribution in [-0.2, 0) is 0 Å². The molecule has 0 unspecified atom stereocenters. The van der Waals surface area contributed by atoms with E-state index in [1.165, 1.54) is 33.4 Å². The molecule has 0 atom stereocenters. The van der Waals surface area contributed by atoms with E-state index < -0.39 is 0 Å². The summed E-state index contributed by atoms with van der Waals surface area (Å²) >= 11 is 0. The van der Waals surface area contributed by atoms with Gasteiger partial charge < -0.3 is 0 Å². The molecule has 0 saturated carbocycles. The Kier molecular flexibility index (Phi) is 3.66. The van der Waals surface area contributed by atoms with E-state index in [0.717, 1.165) is 0 Å². The van der Waals surface area contributed by atoms with Gasteiger partial charge in [-0.1, -0.05) is 48.6 Å². The summed E-state index contributed by atoms with van der Waals surface area (Å²) in [5.74, 6) is 0. The second-order valence-electron chi connectivity index (χ2n) is 4.91. The minimum Gasteiger partial charge on any atom is -0.0614 e. The minimum atomic E-state index is 1.30. The van der Waals surface area contributed by atoms with Gasteiger partial charge in [0.05, 0.1) is 0 Å². The van der Waals surface area contributed by atoms with Crippen LogP contribution in [0.25, 0.3) is 12.2 Å². The van der Waals surface area contributed by atoms with E-state index in [1.807, 2.05) is 0 Å². The number of benzene rings is 2. The van der Waals surface area contributed by atoms with Crippen molar-refractivity contribution in [2.24, 2.45) is 0 Å². The van der Waals surface area contributed by atoms with Crippen molar-refractivity contribution in [3.05, 3.63) is 69.8 Å². The molecule has 2 aromatic carbocycles. The Hall–Kier alpha value is -1.82. The molecule has 18 heavy (non-hydrogen) atoms. The van der Waals surface area contributed by atoms with Gasteiger partial charge in [0.15, 0.2) is 0 Å². The van der Waals surface area contributed by atoms with Gasteiger partial charge in [0.2, 0.25) is 0 Å². The van der Waals surface area contributed by atoms with Gasteiger partial charge in [-0.05, 0) is 61.1 Å². The number of hydrogen-bond donors (Lipinski definition) is 0. The lowest BCUT2D eigenvalue weighted by Crippen LogP contribution is -1.86. The van der Waals surface area contributed by atoms with Gasteiger partial charge in [0.25, 0.3) is 0 Å². The Bertz CT molecular complexity index is 535. The van der Waals surface area contributed by atoms with Gasteiger partial charge in [0, 0.05) is 0 Å². The molecule has 0 spiro atoms. The maximum absolute atomic E-state index is 2.21. The van der Waals surface area contributed by atoms with Crippen LogP contribution in [0, 0.1) is 27.7 Å². The van der Waals surface area contributed by atoms with Gasteiger partial charge in [-0.15, -0.1) is 0 Å². The third-order valence-corrected chi connectivity index (χ3v) is 3.74. The molecule has 0 aromatic heterocycles. The van der Waals surface area contributed by atoms with Crippen molar-refractivity contribution >= 4 is 12.2 Å². The Morgan fingerprint density at radius 3 is 1.39 bits per heavy atom. The average Bonchev–Trinajstić information content (AvgIpc) is 2.36. The van der Waals surface area contributed by atoms with Crippen molar-refractivity contribution < 1.29 is 0 Å². The molecule has 92 valence electrons. The first-order chi connectivity index (χ1) is 8.59. The monoisotopic (exact) mass is 236 g/mol. The van der Waals surface area contributed by atoms with Crippen molar-refractivity contribution in [1.82, 2.24) is 0 Å². The van der Waals surface area contributed by atoms with E-state index in [2.05, 4.69) is 76.2 Å². The van der Waals surface area contributed by atoms with E-state index in [4.69, 9.17) is 0 Å². The topological polar surface area (TPSA) is 0 Å². The normalized spacial score (nSPS) is 11.1. The fraction of sp³-hybridized carbons (Fsp3) is 0.222. The second-order valence-corrected chi connectivity index (χ2v) is 4.91. The number of aryl methyl sites for hydroxylation is 2. The zero-order valence-corrected chi connectivity index (χ0v) is 11.6. The van der Waals surface area contributed by atoms with Crippen molar-refractivity contribution in [2.75, 3.05) is 0 Å². The largest absolute Gasteiger partial charge is 0.0614 e. The Morgan fingerprint density at radius 2 is 1.00 bits per heavy atom. The highest BCUT2D eigenvalue weighted by Gasteiger charge is 1.99. The standard InChI is InChI=1S/C18H20/c1-13-7-5-9-17(15(13)3)11-12-18-10-6-8-14(2)16(18)4/h5-12H,1-4H3. The maximum Gasteiger partial charge on any atom is -0.0224 e. The van der Waals surface area contributed by atoms with E-state index in [-0.39, 0.29) is 0 Å². The molecule has 0 fully saturated rings. The molecule has 0 saturated heterocycles. The van der Waals surface area contributed by atoms with Gasteiger partial charge in [-0.3, -0.25) is 0 Å². The van der Waals surface area contributed by atoms with Crippen molar-refractivity contribution in [1.29, 1.82) is 0 Å². The summed E-state index contributed by atoms with van der Waals surface area (Å²) in [5, 5.41) is 0. The summed E-state index contributed by atoms with van der Waals surface area (Å²) < 4.78 is 0. The quantitative estimate of drug-likeness (QED) is 0.637. The first-order valence-electron chi connectivity index (χ1n) is 6.40. The zero-order valence-electron chi connectivity index (χ0n) is 11.6. The molecule has 2 aromatic rings. The molecule has 0 radical (unpaired) electrons. The predicted molar refractivity (Wildman–Crippen MR) is 80.8 cm³/mol. The van der Waals surface area contributed by atoms with Crippen LogP contribution in [0.3, 0.4) is 0 Å². The number of hydrogen-bond acceptors (Lipinski definition) is 0. The predicted octanol–water partition coefficient (Wildman–Crippen LogP) is 5.09. The first kappa shape index (κ1) is 12.6. The van der Waals surface area contributed by atoms with Crippen LogP contribution < -0.4 is 0 Å². The number of rotatable bonds is 2. The van der Waals surface area contributed by atoms with Gasteiger partial charge in [0.1, 0.15) is 0 Å². The first-order valence-corrected chi connectivity index (χ1v) is 6.40. The highest BCUT2D eigenvalue weighted by molar-refractivity contribution is 5.73. The Balaban J connectivity index is 2.36. The van der Waals surface area contributed by atoms with Gasteiger partial charge in [-0.2, -0.15) is 0 Å². The van der Waals surface area contributed by atoms with E-state index in [9.17, 15) is 0 Å². The fourth-order valence-electron chi connectivity index (χ4n) is 2.09. The molecule has 0 amide bonds. The molecule has 0 heteroatoms. The molecule has 0 nitrogen and oxygen atoms in total. The molecular formula is C18H20. The lowest BCUT2D eigenvalue weighted by Gasteiger charge is -2.06. The molecule has 2 rings (SSSR count). The van der Waals surface area contributed by atoms with E-state index in [1.54, 1.807) is 0 Å². The summed E-state index contributed by atoms with van der Waals surface area (Å²) in [5.41, 5.74) is 8.01. The molecule has 0 heterocycles. The highest BCUT2D eigenvalue weighted by atomic mass is 14.0. The third-order valence-electron chi connectivity index (χ3n) is 3.74. The smallest absolute Gasteiger partial charge is 0.0224 e. The average molecular weight is 236 g/mol. The second kappa shape index (κ2) is 5.22. The van der Waals surface area contributed by atoms with Crippen molar-refractivity contribution in [3.63, 3.8) is 0 Å². The van der Waals surface area contributed by atoms with Crippen LogP contribution in [0.1, 0.15) is 33.4 Å². The van der Waals surface area contributed by atoms with Crippen LogP contribution >= 0.6 is 0 Å². The lowest BCUT2D eigenvalue weighted by molar-refractivity contribution is 1.32. The maximum atomic E-state index is 2.21. The van der Waals surface area contributed by atoms with Crippen LogP contribution in [0.2, 0.25) is 0 Å². The summed E-state index contributed by atoms with van der Waals surface area (Å²) in [6.45, 7) is 8.67. The SMILES string of the molecule is Cc1cccc(C=Cc2cccc(C)c2C)c1C.